The molecule has 0 unspecified atom stereocenters. The first kappa shape index (κ1) is 18.6. The van der Waals surface area contributed by atoms with E-state index >= 15 is 0 Å². The number of fused-ring (bicyclic) bond motifs is 1. The molecule has 2 heterocycles. The van der Waals surface area contributed by atoms with Gasteiger partial charge in [0.25, 0.3) is 5.91 Å². The average Bonchev–Trinajstić information content (AvgIpc) is 3.28. The third kappa shape index (κ3) is 3.63. The molecule has 7 nitrogen and oxygen atoms in total. The maximum Gasteiger partial charge on any atom is 0.252 e. The number of imidazole rings is 1. The Bertz CT molecular complexity index is 963. The van der Waals surface area contributed by atoms with E-state index in [9.17, 15) is 9.90 Å². The predicted octanol–water partition coefficient (Wildman–Crippen LogP) is 2.60. The molecule has 0 atom stereocenters. The third-order valence-electron chi connectivity index (χ3n) is 5.44. The highest BCUT2D eigenvalue weighted by Gasteiger charge is 2.24. The summed E-state index contributed by atoms with van der Waals surface area (Å²) in [5.74, 6) is 0.476. The highest BCUT2D eigenvalue weighted by Crippen LogP contribution is 2.25. The van der Waals surface area contributed by atoms with Crippen LogP contribution in [0.4, 0.5) is 0 Å². The number of amides is 1. The second kappa shape index (κ2) is 8.08. The molecular formula is C21H24N4O3. The van der Waals surface area contributed by atoms with Crippen molar-refractivity contribution in [3.8, 4) is 5.82 Å². The number of methoxy groups -OCH3 is 1. The fourth-order valence-electron chi connectivity index (χ4n) is 3.84. The van der Waals surface area contributed by atoms with Crippen LogP contribution in [0, 0.1) is 0 Å². The van der Waals surface area contributed by atoms with Crippen LogP contribution in [-0.4, -0.2) is 44.8 Å². The summed E-state index contributed by atoms with van der Waals surface area (Å²) in [7, 11) is 1.74. The number of aliphatic hydroxyl groups is 1. The summed E-state index contributed by atoms with van der Waals surface area (Å²) < 4.78 is 7.17. The summed E-state index contributed by atoms with van der Waals surface area (Å²) in [4.78, 5) is 21.9. The zero-order valence-corrected chi connectivity index (χ0v) is 15.8. The molecule has 4 rings (SSSR count). The van der Waals surface area contributed by atoms with Gasteiger partial charge in [-0.3, -0.25) is 9.36 Å². The third-order valence-corrected chi connectivity index (χ3v) is 5.44. The monoisotopic (exact) mass is 380 g/mol. The summed E-state index contributed by atoms with van der Waals surface area (Å²) >= 11 is 0. The van der Waals surface area contributed by atoms with Gasteiger partial charge in [0, 0.05) is 36.5 Å². The van der Waals surface area contributed by atoms with Crippen LogP contribution >= 0.6 is 0 Å². The van der Waals surface area contributed by atoms with Gasteiger partial charge in [-0.1, -0.05) is 18.2 Å². The molecule has 2 N–H and O–H groups in total. The lowest BCUT2D eigenvalue weighted by Crippen LogP contribution is -2.39. The van der Waals surface area contributed by atoms with E-state index in [2.05, 4.69) is 15.3 Å². The van der Waals surface area contributed by atoms with Crippen molar-refractivity contribution in [3.63, 3.8) is 0 Å². The molecule has 0 bridgehead atoms. The van der Waals surface area contributed by atoms with Crippen LogP contribution in [0.3, 0.4) is 0 Å². The smallest absolute Gasteiger partial charge is 0.252 e. The van der Waals surface area contributed by atoms with E-state index in [0.717, 1.165) is 31.1 Å². The van der Waals surface area contributed by atoms with Gasteiger partial charge in [-0.2, -0.15) is 0 Å². The number of aromatic nitrogens is 3. The Labute approximate surface area is 163 Å². The van der Waals surface area contributed by atoms with Gasteiger partial charge in [0.2, 0.25) is 0 Å². The number of hydrogen-bond donors (Lipinski definition) is 2. The minimum atomic E-state index is -0.139. The molecule has 0 spiro atoms. The quantitative estimate of drug-likeness (QED) is 0.710. The van der Waals surface area contributed by atoms with Crippen molar-refractivity contribution >= 4 is 16.8 Å². The summed E-state index contributed by atoms with van der Waals surface area (Å²) in [5.41, 5.74) is 1.87. The molecule has 146 valence electrons. The van der Waals surface area contributed by atoms with Gasteiger partial charge in [-0.25, -0.2) is 9.97 Å². The van der Waals surface area contributed by atoms with E-state index in [4.69, 9.17) is 4.74 Å². The molecule has 0 saturated heterocycles. The first-order valence-electron chi connectivity index (χ1n) is 9.55. The SMILES string of the molecule is COC1CCC(NC(=O)c2cc(-n3ccnc3)nc3c(CO)cccc23)CC1. The number of rotatable bonds is 5. The van der Waals surface area contributed by atoms with E-state index in [1.807, 2.05) is 18.2 Å². The highest BCUT2D eigenvalue weighted by molar-refractivity contribution is 6.07. The van der Waals surface area contributed by atoms with E-state index in [1.165, 1.54) is 0 Å². The standard InChI is InChI=1S/C21H24N4O3/c1-28-16-7-5-15(6-8-16)23-21(27)18-11-19(25-10-9-22-13-25)24-20-14(12-26)3-2-4-17(18)20/h2-4,9-11,13,15-16,26H,5-8,12H2,1H3,(H,23,27). The van der Waals surface area contributed by atoms with E-state index in [-0.39, 0.29) is 24.7 Å². The van der Waals surface area contributed by atoms with Crippen molar-refractivity contribution in [2.45, 2.75) is 44.4 Å². The van der Waals surface area contributed by atoms with Gasteiger partial charge in [0.15, 0.2) is 0 Å². The van der Waals surface area contributed by atoms with E-state index in [1.54, 1.807) is 36.5 Å². The Hall–Kier alpha value is -2.77. The molecule has 7 heteroatoms. The van der Waals surface area contributed by atoms with Crippen molar-refractivity contribution < 1.29 is 14.6 Å². The Kier molecular flexibility index (Phi) is 5.36. The van der Waals surface area contributed by atoms with Gasteiger partial charge < -0.3 is 15.2 Å². The maximum absolute atomic E-state index is 13.1. The van der Waals surface area contributed by atoms with Crippen molar-refractivity contribution in [2.24, 2.45) is 0 Å². The molecule has 0 radical (unpaired) electrons. The number of carbonyl (C=O) groups is 1. The Morgan fingerprint density at radius 1 is 1.32 bits per heavy atom. The van der Waals surface area contributed by atoms with Crippen molar-refractivity contribution in [1.29, 1.82) is 0 Å². The number of pyridine rings is 1. The number of carbonyl (C=O) groups excluding carboxylic acids is 1. The van der Waals surface area contributed by atoms with Gasteiger partial charge in [0.05, 0.1) is 23.8 Å². The second-order valence-electron chi connectivity index (χ2n) is 7.15. The van der Waals surface area contributed by atoms with Crippen LogP contribution in [0.15, 0.2) is 43.0 Å². The lowest BCUT2D eigenvalue weighted by atomic mass is 9.92. The fraction of sp³-hybridized carbons (Fsp3) is 0.381. The van der Waals surface area contributed by atoms with E-state index < -0.39 is 0 Å². The van der Waals surface area contributed by atoms with Crippen LogP contribution < -0.4 is 5.32 Å². The number of ether oxygens (including phenoxy) is 1. The second-order valence-corrected chi connectivity index (χ2v) is 7.15. The molecule has 1 amide bonds. The van der Waals surface area contributed by atoms with Crippen LogP contribution in [0.25, 0.3) is 16.7 Å². The minimum absolute atomic E-state index is 0.121. The molecule has 1 saturated carbocycles. The van der Waals surface area contributed by atoms with Crippen LogP contribution in [0.1, 0.15) is 41.6 Å². The molecule has 1 fully saturated rings. The zero-order valence-electron chi connectivity index (χ0n) is 15.8. The number of benzene rings is 1. The van der Waals surface area contributed by atoms with Gasteiger partial charge in [-0.15, -0.1) is 0 Å². The molecule has 1 aliphatic carbocycles. The molecule has 3 aromatic rings. The summed E-state index contributed by atoms with van der Waals surface area (Å²) in [5, 5.41) is 13.6. The topological polar surface area (TPSA) is 89.3 Å². The highest BCUT2D eigenvalue weighted by atomic mass is 16.5. The average molecular weight is 380 g/mol. The predicted molar refractivity (Wildman–Crippen MR) is 105 cm³/mol. The van der Waals surface area contributed by atoms with Gasteiger partial charge >= 0.3 is 0 Å². The van der Waals surface area contributed by atoms with Crippen molar-refractivity contribution in [1.82, 2.24) is 19.9 Å². The van der Waals surface area contributed by atoms with Crippen molar-refractivity contribution in [3.05, 3.63) is 54.1 Å². The van der Waals surface area contributed by atoms with Crippen LogP contribution in [-0.2, 0) is 11.3 Å². The Morgan fingerprint density at radius 2 is 2.14 bits per heavy atom. The molecule has 1 aliphatic rings. The molecule has 0 aliphatic heterocycles. The molecule has 2 aromatic heterocycles. The zero-order chi connectivity index (χ0) is 19.5. The van der Waals surface area contributed by atoms with Crippen molar-refractivity contribution in [2.75, 3.05) is 7.11 Å². The van der Waals surface area contributed by atoms with Gasteiger partial charge in [0.1, 0.15) is 12.1 Å². The first-order valence-corrected chi connectivity index (χ1v) is 9.55. The van der Waals surface area contributed by atoms with Gasteiger partial charge in [-0.05, 0) is 31.7 Å². The molecular weight excluding hydrogens is 356 g/mol. The van der Waals surface area contributed by atoms with E-state index in [0.29, 0.717) is 22.5 Å². The molecule has 1 aromatic carbocycles. The normalized spacial score (nSPS) is 19.6. The summed E-state index contributed by atoms with van der Waals surface area (Å²) in [6.45, 7) is -0.139. The van der Waals surface area contributed by atoms with Crippen LogP contribution in [0.5, 0.6) is 0 Å². The summed E-state index contributed by atoms with van der Waals surface area (Å²) in [6, 6.07) is 7.45. The van der Waals surface area contributed by atoms with Crippen LogP contribution in [0.2, 0.25) is 0 Å². The minimum Gasteiger partial charge on any atom is -0.392 e. The number of nitrogens with one attached hydrogen (secondary N) is 1. The lowest BCUT2D eigenvalue weighted by Gasteiger charge is -2.28. The number of para-hydroxylation sites is 1. The molecule has 28 heavy (non-hydrogen) atoms. The Balaban J connectivity index is 1.70. The fourth-order valence-corrected chi connectivity index (χ4v) is 3.84. The lowest BCUT2D eigenvalue weighted by molar-refractivity contribution is 0.0599. The number of aliphatic hydroxyl groups excluding tert-OH is 1. The first-order chi connectivity index (χ1) is 13.7. The summed E-state index contributed by atoms with van der Waals surface area (Å²) in [6.07, 6.45) is 9.09. The number of nitrogens with zero attached hydrogens (tertiary/aromatic N) is 3. The largest absolute Gasteiger partial charge is 0.392 e. The maximum atomic E-state index is 13.1. The number of hydrogen-bond acceptors (Lipinski definition) is 5. The Morgan fingerprint density at radius 3 is 2.82 bits per heavy atom.